The third-order valence-electron chi connectivity index (χ3n) is 2.70. The fraction of sp³-hybridized carbons (Fsp3) is 0.200. The number of hydrogen-bond acceptors (Lipinski definition) is 2. The van der Waals surface area contributed by atoms with E-state index in [1.165, 1.54) is 12.1 Å². The summed E-state index contributed by atoms with van der Waals surface area (Å²) in [7, 11) is 0. The normalized spacial score (nSPS) is 10.4. The van der Waals surface area contributed by atoms with E-state index in [1.807, 2.05) is 31.2 Å². The van der Waals surface area contributed by atoms with Gasteiger partial charge in [-0.3, -0.25) is 0 Å². The standard InChI is InChI=1S/C15H16FNO/c1-11-9-13(16)5-6-15(11)18-14-4-2-3-12(10-14)7-8-17/h2-6,9-10H,7-8,17H2,1H3. The van der Waals surface area contributed by atoms with Crippen LogP contribution >= 0.6 is 0 Å². The summed E-state index contributed by atoms with van der Waals surface area (Å²) in [4.78, 5) is 0. The first-order valence-electron chi connectivity index (χ1n) is 5.92. The van der Waals surface area contributed by atoms with Crippen LogP contribution in [0.3, 0.4) is 0 Å². The van der Waals surface area contributed by atoms with Crippen LogP contribution < -0.4 is 10.5 Å². The molecule has 3 heteroatoms. The molecule has 0 saturated heterocycles. The summed E-state index contributed by atoms with van der Waals surface area (Å²) in [5, 5.41) is 0. The number of ether oxygens (including phenoxy) is 1. The lowest BCUT2D eigenvalue weighted by atomic mass is 10.1. The SMILES string of the molecule is Cc1cc(F)ccc1Oc1cccc(CCN)c1. The summed E-state index contributed by atoms with van der Waals surface area (Å²) in [6, 6.07) is 12.3. The van der Waals surface area contributed by atoms with Gasteiger partial charge in [0.25, 0.3) is 0 Å². The minimum absolute atomic E-state index is 0.253. The van der Waals surface area contributed by atoms with Gasteiger partial charge in [0, 0.05) is 0 Å². The molecule has 0 bridgehead atoms. The van der Waals surface area contributed by atoms with Gasteiger partial charge in [0.2, 0.25) is 0 Å². The van der Waals surface area contributed by atoms with Gasteiger partial charge >= 0.3 is 0 Å². The summed E-state index contributed by atoms with van der Waals surface area (Å²) < 4.78 is 18.7. The van der Waals surface area contributed by atoms with Crippen molar-refractivity contribution in [3.05, 3.63) is 59.4 Å². The number of benzene rings is 2. The molecule has 0 radical (unpaired) electrons. The maximum Gasteiger partial charge on any atom is 0.130 e. The van der Waals surface area contributed by atoms with Crippen molar-refractivity contribution in [1.29, 1.82) is 0 Å². The van der Waals surface area contributed by atoms with E-state index in [-0.39, 0.29) is 5.82 Å². The molecule has 0 spiro atoms. The largest absolute Gasteiger partial charge is 0.457 e. The molecule has 0 atom stereocenters. The molecule has 94 valence electrons. The van der Waals surface area contributed by atoms with Gasteiger partial charge < -0.3 is 10.5 Å². The molecule has 0 heterocycles. The number of rotatable bonds is 4. The van der Waals surface area contributed by atoms with Gasteiger partial charge in [-0.25, -0.2) is 4.39 Å². The van der Waals surface area contributed by atoms with Crippen LogP contribution in [-0.4, -0.2) is 6.54 Å². The molecule has 0 amide bonds. The predicted molar refractivity (Wildman–Crippen MR) is 70.4 cm³/mol. The van der Waals surface area contributed by atoms with Crippen molar-refractivity contribution in [1.82, 2.24) is 0 Å². The van der Waals surface area contributed by atoms with Crippen molar-refractivity contribution < 1.29 is 9.13 Å². The monoisotopic (exact) mass is 245 g/mol. The van der Waals surface area contributed by atoms with Crippen molar-refractivity contribution in [3.8, 4) is 11.5 Å². The first kappa shape index (κ1) is 12.6. The van der Waals surface area contributed by atoms with E-state index in [9.17, 15) is 4.39 Å². The van der Waals surface area contributed by atoms with E-state index in [2.05, 4.69) is 0 Å². The topological polar surface area (TPSA) is 35.2 Å². The third kappa shape index (κ3) is 3.08. The number of aryl methyl sites for hydroxylation is 1. The van der Waals surface area contributed by atoms with Crippen LogP contribution in [0.1, 0.15) is 11.1 Å². The van der Waals surface area contributed by atoms with Crippen LogP contribution in [0, 0.1) is 12.7 Å². The molecule has 0 aliphatic carbocycles. The van der Waals surface area contributed by atoms with E-state index < -0.39 is 0 Å². The van der Waals surface area contributed by atoms with Crippen LogP contribution in [0.25, 0.3) is 0 Å². The smallest absolute Gasteiger partial charge is 0.130 e. The van der Waals surface area contributed by atoms with E-state index >= 15 is 0 Å². The molecule has 18 heavy (non-hydrogen) atoms. The Bertz CT molecular complexity index is 540. The van der Waals surface area contributed by atoms with Crippen LogP contribution in [0.15, 0.2) is 42.5 Å². The highest BCUT2D eigenvalue weighted by atomic mass is 19.1. The first-order valence-corrected chi connectivity index (χ1v) is 5.92. The van der Waals surface area contributed by atoms with E-state index in [4.69, 9.17) is 10.5 Å². The Hall–Kier alpha value is -1.87. The maximum absolute atomic E-state index is 13.0. The Kier molecular flexibility index (Phi) is 3.95. The fourth-order valence-corrected chi connectivity index (χ4v) is 1.79. The molecule has 0 aromatic heterocycles. The van der Waals surface area contributed by atoms with Gasteiger partial charge in [-0.1, -0.05) is 12.1 Å². The van der Waals surface area contributed by atoms with Crippen LogP contribution in [0.2, 0.25) is 0 Å². The highest BCUT2D eigenvalue weighted by molar-refractivity contribution is 5.38. The van der Waals surface area contributed by atoms with E-state index in [0.717, 1.165) is 23.3 Å². The minimum atomic E-state index is -0.253. The molecule has 0 fully saturated rings. The summed E-state index contributed by atoms with van der Waals surface area (Å²) >= 11 is 0. The Morgan fingerprint density at radius 1 is 1.17 bits per heavy atom. The Morgan fingerprint density at radius 3 is 2.72 bits per heavy atom. The van der Waals surface area contributed by atoms with Gasteiger partial charge in [0.05, 0.1) is 0 Å². The fourth-order valence-electron chi connectivity index (χ4n) is 1.79. The van der Waals surface area contributed by atoms with Crippen molar-refractivity contribution >= 4 is 0 Å². The average molecular weight is 245 g/mol. The van der Waals surface area contributed by atoms with Crippen molar-refractivity contribution in [3.63, 3.8) is 0 Å². The lowest BCUT2D eigenvalue weighted by Gasteiger charge is -2.09. The Morgan fingerprint density at radius 2 is 2.00 bits per heavy atom. The number of nitrogens with two attached hydrogens (primary N) is 1. The van der Waals surface area contributed by atoms with E-state index in [0.29, 0.717) is 12.3 Å². The molecule has 0 aliphatic rings. The molecule has 2 N–H and O–H groups in total. The number of halogens is 1. The highest BCUT2D eigenvalue weighted by Crippen LogP contribution is 2.26. The van der Waals surface area contributed by atoms with Gasteiger partial charge in [0.15, 0.2) is 0 Å². The average Bonchev–Trinajstić information content (AvgIpc) is 2.34. The summed E-state index contributed by atoms with van der Waals surface area (Å²) in [6.45, 7) is 2.43. The molecule has 2 aromatic rings. The van der Waals surface area contributed by atoms with Gasteiger partial charge in [-0.05, 0) is 61.3 Å². The zero-order valence-corrected chi connectivity index (χ0v) is 10.3. The van der Waals surface area contributed by atoms with Crippen molar-refractivity contribution in [2.24, 2.45) is 5.73 Å². The molecule has 0 unspecified atom stereocenters. The second kappa shape index (κ2) is 5.65. The molecule has 2 rings (SSSR count). The Labute approximate surface area is 106 Å². The molecule has 0 aliphatic heterocycles. The Balaban J connectivity index is 2.20. The first-order chi connectivity index (χ1) is 8.69. The molecular formula is C15H16FNO. The lowest BCUT2D eigenvalue weighted by Crippen LogP contribution is -2.02. The lowest BCUT2D eigenvalue weighted by molar-refractivity contribution is 0.476. The summed E-state index contributed by atoms with van der Waals surface area (Å²) in [5.41, 5.74) is 7.43. The number of hydrogen-bond donors (Lipinski definition) is 1. The molecule has 2 nitrogen and oxygen atoms in total. The maximum atomic E-state index is 13.0. The van der Waals surface area contributed by atoms with Crippen molar-refractivity contribution in [2.45, 2.75) is 13.3 Å². The molecule has 0 saturated carbocycles. The zero-order valence-electron chi connectivity index (χ0n) is 10.3. The third-order valence-corrected chi connectivity index (χ3v) is 2.70. The van der Waals surface area contributed by atoms with Gasteiger partial charge in [-0.2, -0.15) is 0 Å². The highest BCUT2D eigenvalue weighted by Gasteiger charge is 2.03. The van der Waals surface area contributed by atoms with Crippen LogP contribution in [-0.2, 0) is 6.42 Å². The zero-order chi connectivity index (χ0) is 13.0. The van der Waals surface area contributed by atoms with Crippen molar-refractivity contribution in [2.75, 3.05) is 6.54 Å². The van der Waals surface area contributed by atoms with Crippen LogP contribution in [0.5, 0.6) is 11.5 Å². The quantitative estimate of drug-likeness (QED) is 0.895. The molecule has 2 aromatic carbocycles. The second-order valence-corrected chi connectivity index (χ2v) is 4.20. The minimum Gasteiger partial charge on any atom is -0.457 e. The summed E-state index contributed by atoms with van der Waals surface area (Å²) in [6.07, 6.45) is 0.819. The molecular weight excluding hydrogens is 229 g/mol. The second-order valence-electron chi connectivity index (χ2n) is 4.20. The van der Waals surface area contributed by atoms with Gasteiger partial charge in [0.1, 0.15) is 17.3 Å². The van der Waals surface area contributed by atoms with Crippen LogP contribution in [0.4, 0.5) is 4.39 Å². The predicted octanol–water partition coefficient (Wildman–Crippen LogP) is 3.43. The van der Waals surface area contributed by atoms with Gasteiger partial charge in [-0.15, -0.1) is 0 Å². The summed E-state index contributed by atoms with van der Waals surface area (Å²) in [5.74, 6) is 1.16. The van der Waals surface area contributed by atoms with E-state index in [1.54, 1.807) is 6.07 Å².